The maximum absolute atomic E-state index is 13.5. The molecule has 1 fully saturated rings. The Labute approximate surface area is 183 Å². The number of carbonyl (C=O) groups excluding carboxylic acids is 2. The van der Waals surface area contributed by atoms with Gasteiger partial charge in [-0.1, -0.05) is 10.4 Å². The molecule has 0 bridgehead atoms. The van der Waals surface area contributed by atoms with E-state index in [0.717, 1.165) is 35.5 Å². The van der Waals surface area contributed by atoms with Crippen molar-refractivity contribution in [1.82, 2.24) is 0 Å². The zero-order valence-electron chi connectivity index (χ0n) is 16.0. The summed E-state index contributed by atoms with van der Waals surface area (Å²) in [4.78, 5) is 25.4. The van der Waals surface area contributed by atoms with Gasteiger partial charge in [-0.2, -0.15) is 0 Å². The molecular weight excluding hydrogens is 481 g/mol. The zero-order chi connectivity index (χ0) is 21.6. The van der Waals surface area contributed by atoms with E-state index < -0.39 is 29.2 Å². The Kier molecular flexibility index (Phi) is 5.65. The van der Waals surface area contributed by atoms with Gasteiger partial charge in [0.15, 0.2) is 4.90 Å². The van der Waals surface area contributed by atoms with E-state index in [1.54, 1.807) is 6.07 Å². The number of nitrogens with zero attached hydrogens (tertiary/aromatic N) is 1. The molecule has 7 nitrogen and oxygen atoms in total. The summed E-state index contributed by atoms with van der Waals surface area (Å²) in [6, 6.07) is 6.83. The number of fused-ring (bicyclic) bond motifs is 3. The summed E-state index contributed by atoms with van der Waals surface area (Å²) in [5, 5.41) is 0. The first kappa shape index (κ1) is 21.0. The summed E-state index contributed by atoms with van der Waals surface area (Å²) in [6.07, 6.45) is -0.00273. The van der Waals surface area contributed by atoms with Crippen molar-refractivity contribution in [2.45, 2.75) is 17.2 Å². The molecule has 1 aliphatic heterocycles. The molecule has 2 aliphatic rings. The summed E-state index contributed by atoms with van der Waals surface area (Å²) < 4.78 is 43.5. The van der Waals surface area contributed by atoms with Crippen LogP contribution in [-0.2, 0) is 20.8 Å². The van der Waals surface area contributed by atoms with Gasteiger partial charge in [0.05, 0.1) is 25.3 Å². The molecule has 1 saturated carbocycles. The highest BCUT2D eigenvalue weighted by Crippen LogP contribution is 2.55. The number of halogens is 2. The number of methoxy groups -OCH3 is 2. The van der Waals surface area contributed by atoms with Crippen LogP contribution in [0.25, 0.3) is 0 Å². The first-order valence-corrected chi connectivity index (χ1v) is 10.9. The van der Waals surface area contributed by atoms with Gasteiger partial charge in [-0.15, -0.1) is 0 Å². The number of hydrogen-bond donors (Lipinski definition) is 0. The van der Waals surface area contributed by atoms with E-state index >= 15 is 0 Å². The summed E-state index contributed by atoms with van der Waals surface area (Å²) >= 11 is 0.998. The van der Waals surface area contributed by atoms with E-state index in [4.69, 9.17) is 14.2 Å². The van der Waals surface area contributed by atoms with Crippen LogP contribution in [0.2, 0.25) is 0 Å². The Morgan fingerprint density at radius 1 is 1.27 bits per heavy atom. The number of anilines is 1. The van der Waals surface area contributed by atoms with Crippen molar-refractivity contribution in [3.8, 4) is 5.75 Å². The number of ether oxygens (including phenoxy) is 3. The molecule has 158 valence electrons. The van der Waals surface area contributed by atoms with E-state index in [1.807, 2.05) is 0 Å². The molecule has 0 aromatic heterocycles. The Morgan fingerprint density at radius 3 is 2.70 bits per heavy atom. The van der Waals surface area contributed by atoms with Crippen LogP contribution >= 0.6 is 15.9 Å². The van der Waals surface area contributed by atoms with Crippen molar-refractivity contribution < 1.29 is 32.7 Å². The number of hydrogen-bond acceptors (Lipinski definition) is 6. The second kappa shape index (κ2) is 8.09. The van der Waals surface area contributed by atoms with E-state index in [1.165, 1.54) is 19.2 Å². The lowest BCUT2D eigenvalue weighted by molar-refractivity contribution is 0.0596. The predicted molar refractivity (Wildman–Crippen MR) is 110 cm³/mol. The molecule has 2 aromatic carbocycles. The van der Waals surface area contributed by atoms with E-state index in [2.05, 4.69) is 15.9 Å². The molecule has 30 heavy (non-hydrogen) atoms. The Bertz CT molecular complexity index is 1030. The van der Waals surface area contributed by atoms with Crippen molar-refractivity contribution >= 4 is 45.0 Å². The minimum absolute atomic E-state index is 0.00247. The fourth-order valence-electron chi connectivity index (χ4n) is 3.56. The van der Waals surface area contributed by atoms with Gasteiger partial charge in [0.2, 0.25) is 0 Å². The number of carbonyl (C=O) groups is 2. The second-order valence-corrected chi connectivity index (χ2v) is 9.03. The minimum atomic E-state index is -2.17. The van der Waals surface area contributed by atoms with Crippen LogP contribution < -0.4 is 9.04 Å². The van der Waals surface area contributed by atoms with Crippen LogP contribution in [-0.4, -0.2) is 37.4 Å². The normalized spacial score (nSPS) is 19.6. The Hall–Kier alpha value is -2.30. The van der Waals surface area contributed by atoms with Crippen LogP contribution in [0, 0.1) is 11.7 Å². The van der Waals surface area contributed by atoms with Gasteiger partial charge in [0.25, 0.3) is 0 Å². The predicted octanol–water partition coefficient (Wildman–Crippen LogP) is 4.17. The number of amides is 1. The Morgan fingerprint density at radius 2 is 2.03 bits per heavy atom. The maximum Gasteiger partial charge on any atom is 0.456 e. The molecule has 0 saturated heterocycles. The van der Waals surface area contributed by atoms with Crippen molar-refractivity contribution in [3.63, 3.8) is 0 Å². The van der Waals surface area contributed by atoms with Gasteiger partial charge in [-0.05, 0) is 58.1 Å². The maximum atomic E-state index is 13.5. The van der Waals surface area contributed by atoms with Crippen molar-refractivity contribution in [1.29, 1.82) is 0 Å². The highest BCUT2D eigenvalue weighted by atomic mass is 79.9. The smallest absolute Gasteiger partial charge is 0.456 e. The van der Waals surface area contributed by atoms with Gasteiger partial charge in [-0.25, -0.2) is 14.0 Å². The monoisotopic (exact) mass is 497 g/mol. The molecular formula is C20H17BrFNO6S. The standard InChI is InChI=1S/C20H17BrFNO6S/c1-27-19(24)17-15(5-4-12-13-7-10(13)9-29-18(12)17)23(20(25)28-2)30(26)16-6-3-11(22)8-14(16)21/h3-6,8,10,13H,7,9H2,1-2H3/t10-,13-,30?/m0/s1. The second-order valence-electron chi connectivity index (χ2n) is 6.87. The zero-order valence-corrected chi connectivity index (χ0v) is 18.4. The third kappa shape index (κ3) is 3.52. The molecule has 0 radical (unpaired) electrons. The fourth-order valence-corrected chi connectivity index (χ4v) is 5.47. The van der Waals surface area contributed by atoms with Gasteiger partial charge in [0, 0.05) is 5.92 Å². The number of esters is 1. The van der Waals surface area contributed by atoms with Gasteiger partial charge in [-0.3, -0.25) is 0 Å². The van der Waals surface area contributed by atoms with Crippen LogP contribution in [0.4, 0.5) is 14.9 Å². The average Bonchev–Trinajstić information content (AvgIpc) is 3.53. The lowest BCUT2D eigenvalue weighted by Crippen LogP contribution is -2.38. The summed E-state index contributed by atoms with van der Waals surface area (Å²) in [6.45, 7) is 0.454. The van der Waals surface area contributed by atoms with E-state index in [9.17, 15) is 18.5 Å². The third-order valence-corrected chi connectivity index (χ3v) is 7.45. The van der Waals surface area contributed by atoms with Crippen LogP contribution in [0.15, 0.2) is 39.7 Å². The molecule has 3 atom stereocenters. The molecule has 1 heterocycles. The van der Waals surface area contributed by atoms with E-state index in [0.29, 0.717) is 18.3 Å². The van der Waals surface area contributed by atoms with Gasteiger partial charge < -0.3 is 18.8 Å². The number of benzene rings is 2. The molecule has 4 rings (SSSR count). The Balaban J connectivity index is 1.87. The largest absolute Gasteiger partial charge is 0.587 e. The molecule has 0 N–H and O–H groups in total. The van der Waals surface area contributed by atoms with Crippen molar-refractivity contribution in [2.24, 2.45) is 5.92 Å². The van der Waals surface area contributed by atoms with E-state index in [-0.39, 0.29) is 26.5 Å². The molecule has 1 unspecified atom stereocenters. The summed E-state index contributed by atoms with van der Waals surface area (Å²) in [5.41, 5.74) is 0.868. The van der Waals surface area contributed by atoms with Crippen LogP contribution in [0.3, 0.4) is 0 Å². The first-order chi connectivity index (χ1) is 14.4. The number of rotatable bonds is 4. The third-order valence-electron chi connectivity index (χ3n) is 5.13. The van der Waals surface area contributed by atoms with Gasteiger partial charge >= 0.3 is 12.1 Å². The van der Waals surface area contributed by atoms with Crippen LogP contribution in [0.1, 0.15) is 28.3 Å². The fraction of sp³-hybridized carbons (Fsp3) is 0.300. The molecule has 1 amide bonds. The minimum Gasteiger partial charge on any atom is -0.587 e. The van der Waals surface area contributed by atoms with Gasteiger partial charge in [0.1, 0.15) is 34.2 Å². The topological polar surface area (TPSA) is 88.1 Å². The summed E-state index contributed by atoms with van der Waals surface area (Å²) in [5.74, 6) is -0.250. The van der Waals surface area contributed by atoms with Crippen molar-refractivity contribution in [3.05, 3.63) is 51.7 Å². The first-order valence-electron chi connectivity index (χ1n) is 9.00. The molecule has 10 heteroatoms. The lowest BCUT2D eigenvalue weighted by Gasteiger charge is -2.27. The van der Waals surface area contributed by atoms with Crippen molar-refractivity contribution in [2.75, 3.05) is 25.1 Å². The highest BCUT2D eigenvalue weighted by Gasteiger charge is 2.47. The molecule has 1 aliphatic carbocycles. The SMILES string of the molecule is COC(=O)c1c(N(C(=O)OC)[S+]([O-])c2ccc(F)cc2Br)ccc2c1OC[C@@H]1C[C@H]21. The highest BCUT2D eigenvalue weighted by molar-refractivity contribution is 9.10. The molecule has 2 aromatic rings. The molecule has 0 spiro atoms. The summed E-state index contributed by atoms with van der Waals surface area (Å²) in [7, 11) is 2.35. The lowest BCUT2D eigenvalue weighted by atomic mass is 10.00. The average molecular weight is 498 g/mol. The van der Waals surface area contributed by atoms with Crippen LogP contribution in [0.5, 0.6) is 5.75 Å². The quantitative estimate of drug-likeness (QED) is 0.465.